The van der Waals surface area contributed by atoms with Crippen LogP contribution in [-0.2, 0) is 13.3 Å². The molecule has 47 heavy (non-hydrogen) atoms. The van der Waals surface area contributed by atoms with Gasteiger partial charge in [-0.15, -0.1) is 0 Å². The number of hydrogen-bond donors (Lipinski definition) is 0. The largest absolute Gasteiger partial charge is 0.500 e. The van der Waals surface area contributed by atoms with Crippen LogP contribution in [0.1, 0.15) is 226 Å². The molecule has 0 spiro atoms. The van der Waals surface area contributed by atoms with E-state index in [1.807, 2.05) is 0 Å². The SMILES string of the molecule is CCCCCCCCCCCCCCCCCCN(CCCCCCCCCCCCCCCCCC)CCC[Si](OC)(OC)OC. The number of rotatable bonds is 41. The van der Waals surface area contributed by atoms with Crippen LogP contribution < -0.4 is 0 Å². The molecular formula is C42H89NO3Si. The van der Waals surface area contributed by atoms with Crippen molar-refractivity contribution in [1.29, 1.82) is 0 Å². The van der Waals surface area contributed by atoms with Crippen molar-refractivity contribution in [3.05, 3.63) is 0 Å². The first-order valence-corrected chi connectivity index (χ1v) is 23.5. The highest BCUT2D eigenvalue weighted by molar-refractivity contribution is 6.60. The Bertz CT molecular complexity index is 530. The normalized spacial score (nSPS) is 12.1. The molecule has 0 saturated carbocycles. The van der Waals surface area contributed by atoms with Gasteiger partial charge in [0.25, 0.3) is 0 Å². The van der Waals surface area contributed by atoms with Gasteiger partial charge in [-0.2, -0.15) is 0 Å². The molecule has 0 radical (unpaired) electrons. The van der Waals surface area contributed by atoms with Crippen molar-refractivity contribution in [2.75, 3.05) is 41.0 Å². The van der Waals surface area contributed by atoms with Gasteiger partial charge in [0, 0.05) is 27.4 Å². The van der Waals surface area contributed by atoms with Crippen molar-refractivity contribution in [2.45, 2.75) is 232 Å². The molecule has 5 heteroatoms. The molecule has 0 aromatic heterocycles. The van der Waals surface area contributed by atoms with Gasteiger partial charge >= 0.3 is 8.80 Å². The predicted octanol–water partition coefficient (Wildman–Crippen LogP) is 14.1. The van der Waals surface area contributed by atoms with Crippen molar-refractivity contribution in [3.63, 3.8) is 0 Å². The third-order valence-electron chi connectivity index (χ3n) is 10.5. The summed E-state index contributed by atoms with van der Waals surface area (Å²) in [7, 11) is 2.76. The first kappa shape index (κ1) is 47.1. The fourth-order valence-corrected chi connectivity index (χ4v) is 8.88. The highest BCUT2D eigenvalue weighted by Gasteiger charge is 2.37. The summed E-state index contributed by atoms with van der Waals surface area (Å²) in [4.78, 5) is 2.73. The summed E-state index contributed by atoms with van der Waals surface area (Å²) in [5.41, 5.74) is 0. The molecule has 0 saturated heterocycles. The Hall–Kier alpha value is 0.0569. The second kappa shape index (κ2) is 38.9. The topological polar surface area (TPSA) is 30.9 Å². The Kier molecular flexibility index (Phi) is 38.9. The summed E-state index contributed by atoms with van der Waals surface area (Å²) in [5, 5.41) is 0. The average Bonchev–Trinajstić information content (AvgIpc) is 3.09. The third kappa shape index (κ3) is 33.0. The van der Waals surface area contributed by atoms with Crippen LogP contribution in [0.15, 0.2) is 0 Å². The quantitative estimate of drug-likeness (QED) is 0.0474. The first-order valence-electron chi connectivity index (χ1n) is 21.6. The summed E-state index contributed by atoms with van der Waals surface area (Å²) in [5.74, 6) is 0. The summed E-state index contributed by atoms with van der Waals surface area (Å²) < 4.78 is 17.0. The van der Waals surface area contributed by atoms with E-state index in [0.717, 1.165) is 19.0 Å². The molecule has 0 rings (SSSR count). The molecule has 0 aromatic rings. The maximum atomic E-state index is 5.68. The molecule has 0 amide bonds. The van der Waals surface area contributed by atoms with E-state index >= 15 is 0 Å². The average molecular weight is 684 g/mol. The molecule has 0 unspecified atom stereocenters. The highest BCUT2D eigenvalue weighted by atomic mass is 28.4. The first-order chi connectivity index (χ1) is 23.2. The van der Waals surface area contributed by atoms with Crippen molar-refractivity contribution in [1.82, 2.24) is 4.90 Å². The zero-order valence-electron chi connectivity index (χ0n) is 33.3. The Labute approximate surface area is 299 Å². The Morgan fingerprint density at radius 1 is 0.298 bits per heavy atom. The van der Waals surface area contributed by atoms with Gasteiger partial charge in [0.15, 0.2) is 0 Å². The second-order valence-corrected chi connectivity index (χ2v) is 17.9. The lowest BCUT2D eigenvalue weighted by Gasteiger charge is -2.27. The monoisotopic (exact) mass is 684 g/mol. The summed E-state index contributed by atoms with van der Waals surface area (Å²) in [6.07, 6.45) is 47.0. The van der Waals surface area contributed by atoms with Gasteiger partial charge in [-0.3, -0.25) is 0 Å². The predicted molar refractivity (Wildman–Crippen MR) is 212 cm³/mol. The molecule has 0 aliphatic rings. The van der Waals surface area contributed by atoms with Gasteiger partial charge in [-0.1, -0.05) is 206 Å². The van der Waals surface area contributed by atoms with Crippen LogP contribution in [0.5, 0.6) is 0 Å². The Balaban J connectivity index is 3.94. The van der Waals surface area contributed by atoms with Crippen LogP contribution >= 0.6 is 0 Å². The summed E-state index contributed by atoms with van der Waals surface area (Å²) in [6.45, 7) is 8.25. The molecule has 0 bridgehead atoms. The van der Waals surface area contributed by atoms with Crippen LogP contribution in [0.2, 0.25) is 6.04 Å². The standard InChI is InChI=1S/C42H89NO3Si/c1-6-8-10-12-14-16-18-20-22-24-26-28-30-32-34-36-39-43(41-38-42-47(44-3,45-4)46-5)40-37-35-33-31-29-27-25-23-21-19-17-15-13-11-9-7-2/h6-42H2,1-5H3. The molecular weight excluding hydrogens is 595 g/mol. The Morgan fingerprint density at radius 3 is 0.745 bits per heavy atom. The van der Waals surface area contributed by atoms with E-state index in [1.165, 1.54) is 219 Å². The maximum Gasteiger partial charge on any atom is 0.500 e. The lowest BCUT2D eigenvalue weighted by Crippen LogP contribution is -2.43. The van der Waals surface area contributed by atoms with E-state index in [2.05, 4.69) is 18.7 Å². The molecule has 0 fully saturated rings. The van der Waals surface area contributed by atoms with Crippen LogP contribution in [0, 0.1) is 0 Å². The molecule has 0 N–H and O–H groups in total. The minimum atomic E-state index is -2.46. The lowest BCUT2D eigenvalue weighted by atomic mass is 10.0. The van der Waals surface area contributed by atoms with Crippen molar-refractivity contribution in [2.24, 2.45) is 0 Å². The van der Waals surface area contributed by atoms with Gasteiger partial charge in [0.05, 0.1) is 0 Å². The molecule has 0 aromatic carbocycles. The van der Waals surface area contributed by atoms with Gasteiger partial charge < -0.3 is 18.2 Å². The van der Waals surface area contributed by atoms with E-state index in [1.54, 1.807) is 21.3 Å². The smallest absolute Gasteiger partial charge is 0.377 e. The van der Waals surface area contributed by atoms with E-state index in [-0.39, 0.29) is 0 Å². The van der Waals surface area contributed by atoms with E-state index < -0.39 is 8.80 Å². The van der Waals surface area contributed by atoms with Crippen LogP contribution in [0.25, 0.3) is 0 Å². The van der Waals surface area contributed by atoms with Crippen molar-refractivity contribution in [3.8, 4) is 0 Å². The lowest BCUT2D eigenvalue weighted by molar-refractivity contribution is 0.121. The Morgan fingerprint density at radius 2 is 0.511 bits per heavy atom. The minimum Gasteiger partial charge on any atom is -0.377 e. The molecule has 0 aliphatic carbocycles. The molecule has 0 aliphatic heterocycles. The van der Waals surface area contributed by atoms with Gasteiger partial charge in [0.1, 0.15) is 0 Å². The zero-order chi connectivity index (χ0) is 34.4. The summed E-state index contributed by atoms with van der Waals surface area (Å²) in [6, 6.07) is 0.908. The number of hydrogen-bond acceptors (Lipinski definition) is 4. The van der Waals surface area contributed by atoms with E-state index in [4.69, 9.17) is 13.3 Å². The van der Waals surface area contributed by atoms with Gasteiger partial charge in [-0.25, -0.2) is 0 Å². The molecule has 0 heterocycles. The second-order valence-electron chi connectivity index (χ2n) is 14.8. The van der Waals surface area contributed by atoms with Gasteiger partial charge in [-0.05, 0) is 38.9 Å². The van der Waals surface area contributed by atoms with Crippen molar-refractivity contribution >= 4 is 8.80 Å². The maximum absolute atomic E-state index is 5.68. The number of nitrogens with zero attached hydrogens (tertiary/aromatic N) is 1. The third-order valence-corrected chi connectivity index (χ3v) is 13.4. The summed E-state index contributed by atoms with van der Waals surface area (Å²) >= 11 is 0. The fourth-order valence-electron chi connectivity index (χ4n) is 7.18. The van der Waals surface area contributed by atoms with Crippen LogP contribution in [-0.4, -0.2) is 54.7 Å². The molecule has 4 nitrogen and oxygen atoms in total. The number of unbranched alkanes of at least 4 members (excludes halogenated alkanes) is 30. The fraction of sp³-hybridized carbons (Fsp3) is 1.00. The van der Waals surface area contributed by atoms with Gasteiger partial charge in [0.2, 0.25) is 0 Å². The molecule has 0 atom stereocenters. The van der Waals surface area contributed by atoms with Crippen molar-refractivity contribution < 1.29 is 13.3 Å². The van der Waals surface area contributed by atoms with E-state index in [9.17, 15) is 0 Å². The highest BCUT2D eigenvalue weighted by Crippen LogP contribution is 2.18. The van der Waals surface area contributed by atoms with Crippen LogP contribution in [0.4, 0.5) is 0 Å². The van der Waals surface area contributed by atoms with Crippen LogP contribution in [0.3, 0.4) is 0 Å². The molecule has 284 valence electrons. The van der Waals surface area contributed by atoms with E-state index in [0.29, 0.717) is 0 Å². The zero-order valence-corrected chi connectivity index (χ0v) is 34.3. The minimum absolute atomic E-state index is 0.908.